The molecule has 6 nitrogen and oxygen atoms in total. The number of nitro benzene ring substituents is 1. The van der Waals surface area contributed by atoms with Gasteiger partial charge in [0.25, 0.3) is 5.69 Å². The van der Waals surface area contributed by atoms with Gasteiger partial charge in [0.2, 0.25) is 5.91 Å². The van der Waals surface area contributed by atoms with Gasteiger partial charge < -0.3 is 11.1 Å². The molecule has 0 bridgehead atoms. The highest BCUT2D eigenvalue weighted by atomic mass is 35.5. The van der Waals surface area contributed by atoms with E-state index in [-0.39, 0.29) is 30.0 Å². The molecule has 1 aromatic carbocycles. The summed E-state index contributed by atoms with van der Waals surface area (Å²) in [5.41, 5.74) is 6.47. The van der Waals surface area contributed by atoms with Gasteiger partial charge in [-0.25, -0.2) is 0 Å². The van der Waals surface area contributed by atoms with Crippen molar-refractivity contribution in [3.8, 4) is 0 Å². The van der Waals surface area contributed by atoms with Gasteiger partial charge in [0.15, 0.2) is 0 Å². The van der Waals surface area contributed by atoms with Gasteiger partial charge in [-0.05, 0) is 18.4 Å². The molecule has 0 aromatic heterocycles. The van der Waals surface area contributed by atoms with E-state index in [0.717, 1.165) is 24.8 Å². The largest absolute Gasteiger partial charge is 0.352 e. The Bertz CT molecular complexity index is 483. The Morgan fingerprint density at radius 3 is 2.77 bits per heavy atom. The third-order valence-corrected chi connectivity index (χ3v) is 3.32. The van der Waals surface area contributed by atoms with E-state index in [4.69, 9.17) is 5.73 Å². The number of halogens is 1. The summed E-state index contributed by atoms with van der Waals surface area (Å²) < 4.78 is 0. The van der Waals surface area contributed by atoms with Crippen LogP contribution in [-0.4, -0.2) is 23.4 Å². The minimum atomic E-state index is -0.432. The van der Waals surface area contributed by atoms with Crippen molar-refractivity contribution in [2.75, 3.05) is 6.54 Å². The molecule has 1 atom stereocenters. The molecule has 1 amide bonds. The molecule has 1 unspecified atom stereocenters. The maximum absolute atomic E-state index is 11.9. The second-order valence-corrected chi connectivity index (χ2v) is 5.07. The second-order valence-electron chi connectivity index (χ2n) is 5.07. The van der Waals surface area contributed by atoms with Gasteiger partial charge in [0.05, 0.1) is 4.92 Å². The summed E-state index contributed by atoms with van der Waals surface area (Å²) in [6, 6.07) is 6.39. The SMILES string of the molecule is CCCCC(CN)NC(=O)CCc1cccc([N+](=O)[O-])c1.Cl. The second kappa shape index (κ2) is 11.0. The zero-order valence-electron chi connectivity index (χ0n) is 12.8. The molecule has 0 radical (unpaired) electrons. The van der Waals surface area contributed by atoms with Crippen molar-refractivity contribution in [3.63, 3.8) is 0 Å². The first-order valence-corrected chi connectivity index (χ1v) is 7.29. The van der Waals surface area contributed by atoms with E-state index in [2.05, 4.69) is 12.2 Å². The number of unbranched alkanes of at least 4 members (excludes halogenated alkanes) is 1. The van der Waals surface area contributed by atoms with Crippen LogP contribution in [0.4, 0.5) is 5.69 Å². The molecule has 0 saturated heterocycles. The Morgan fingerprint density at radius 2 is 2.18 bits per heavy atom. The van der Waals surface area contributed by atoms with Crippen molar-refractivity contribution in [3.05, 3.63) is 39.9 Å². The predicted molar refractivity (Wildman–Crippen MR) is 89.2 cm³/mol. The summed E-state index contributed by atoms with van der Waals surface area (Å²) >= 11 is 0. The van der Waals surface area contributed by atoms with Gasteiger partial charge in [0, 0.05) is 31.1 Å². The molecule has 0 aliphatic rings. The maximum atomic E-state index is 11.9. The van der Waals surface area contributed by atoms with E-state index < -0.39 is 4.92 Å². The van der Waals surface area contributed by atoms with Crippen molar-refractivity contribution in [1.82, 2.24) is 5.32 Å². The van der Waals surface area contributed by atoms with E-state index in [1.165, 1.54) is 12.1 Å². The number of rotatable bonds is 9. The van der Waals surface area contributed by atoms with Gasteiger partial charge in [-0.3, -0.25) is 14.9 Å². The van der Waals surface area contributed by atoms with Gasteiger partial charge in [-0.2, -0.15) is 0 Å². The zero-order valence-corrected chi connectivity index (χ0v) is 13.6. The summed E-state index contributed by atoms with van der Waals surface area (Å²) in [7, 11) is 0. The molecule has 0 saturated carbocycles. The molecule has 22 heavy (non-hydrogen) atoms. The van der Waals surface area contributed by atoms with Gasteiger partial charge >= 0.3 is 0 Å². The zero-order chi connectivity index (χ0) is 15.7. The first kappa shape index (κ1) is 20.3. The number of benzene rings is 1. The molecule has 0 spiro atoms. The molecular weight excluding hydrogens is 306 g/mol. The number of aryl methyl sites for hydroxylation is 1. The van der Waals surface area contributed by atoms with Crippen LogP contribution in [0.3, 0.4) is 0 Å². The first-order valence-electron chi connectivity index (χ1n) is 7.29. The van der Waals surface area contributed by atoms with Gasteiger partial charge in [-0.1, -0.05) is 31.9 Å². The number of carbonyl (C=O) groups excluding carboxylic acids is 1. The van der Waals surface area contributed by atoms with E-state index in [1.54, 1.807) is 12.1 Å². The number of carbonyl (C=O) groups is 1. The van der Waals surface area contributed by atoms with Crippen LogP contribution in [0.25, 0.3) is 0 Å². The minimum Gasteiger partial charge on any atom is -0.352 e. The fourth-order valence-electron chi connectivity index (χ4n) is 2.08. The van der Waals surface area contributed by atoms with Crippen LogP contribution < -0.4 is 11.1 Å². The molecule has 1 rings (SSSR count). The number of amides is 1. The number of nitrogens with zero attached hydrogens (tertiary/aromatic N) is 1. The number of nitrogens with two attached hydrogens (primary N) is 1. The summed E-state index contributed by atoms with van der Waals surface area (Å²) in [6.07, 6.45) is 3.78. The smallest absolute Gasteiger partial charge is 0.269 e. The van der Waals surface area contributed by atoms with Crippen LogP contribution in [0.1, 0.15) is 38.2 Å². The monoisotopic (exact) mass is 329 g/mol. The molecule has 0 fully saturated rings. The Morgan fingerprint density at radius 1 is 1.45 bits per heavy atom. The lowest BCUT2D eigenvalue weighted by Crippen LogP contribution is -2.40. The van der Waals surface area contributed by atoms with Crippen LogP contribution in [0, 0.1) is 10.1 Å². The standard InChI is InChI=1S/C15H23N3O3.ClH/c1-2-3-6-13(11-16)17-15(19)9-8-12-5-4-7-14(10-12)18(20)21;/h4-5,7,10,13H,2-3,6,8-9,11,16H2,1H3,(H,17,19);1H. The van der Waals surface area contributed by atoms with Gasteiger partial charge in [0.1, 0.15) is 0 Å². The highest BCUT2D eigenvalue weighted by molar-refractivity contribution is 5.85. The number of hydrogen-bond donors (Lipinski definition) is 2. The Labute approximate surface area is 137 Å². The molecule has 7 heteroatoms. The fraction of sp³-hybridized carbons (Fsp3) is 0.533. The lowest BCUT2D eigenvalue weighted by Gasteiger charge is -2.16. The molecule has 3 N–H and O–H groups in total. The average Bonchev–Trinajstić information content (AvgIpc) is 2.49. The third-order valence-electron chi connectivity index (χ3n) is 3.32. The number of nitro groups is 1. The summed E-state index contributed by atoms with van der Waals surface area (Å²) in [5, 5.41) is 13.6. The highest BCUT2D eigenvalue weighted by Gasteiger charge is 2.11. The van der Waals surface area contributed by atoms with Crippen molar-refractivity contribution in [2.24, 2.45) is 5.73 Å². The minimum absolute atomic E-state index is 0. The maximum Gasteiger partial charge on any atom is 0.269 e. The first-order chi connectivity index (χ1) is 10.1. The van der Waals surface area contributed by atoms with Crippen molar-refractivity contribution >= 4 is 24.0 Å². The molecule has 0 heterocycles. The Balaban J connectivity index is 0.00000441. The van der Waals surface area contributed by atoms with Crippen LogP contribution in [0.15, 0.2) is 24.3 Å². The molecule has 124 valence electrons. The summed E-state index contributed by atoms with van der Waals surface area (Å²) in [6.45, 7) is 2.53. The van der Waals surface area contributed by atoms with E-state index >= 15 is 0 Å². The fourth-order valence-corrected chi connectivity index (χ4v) is 2.08. The molecule has 1 aromatic rings. The lowest BCUT2D eigenvalue weighted by atomic mass is 10.1. The topological polar surface area (TPSA) is 98.3 Å². The Hall–Kier alpha value is -1.66. The number of non-ortho nitro benzene ring substituents is 1. The van der Waals surface area contributed by atoms with Crippen LogP contribution in [0.5, 0.6) is 0 Å². The van der Waals surface area contributed by atoms with Crippen molar-refractivity contribution in [1.29, 1.82) is 0 Å². The van der Waals surface area contributed by atoms with Crippen LogP contribution >= 0.6 is 12.4 Å². The predicted octanol–water partition coefficient (Wildman–Crippen LogP) is 2.58. The molecule has 0 aliphatic carbocycles. The summed E-state index contributed by atoms with van der Waals surface area (Å²) in [4.78, 5) is 22.1. The van der Waals surface area contributed by atoms with Crippen molar-refractivity contribution < 1.29 is 9.72 Å². The highest BCUT2D eigenvalue weighted by Crippen LogP contribution is 2.14. The van der Waals surface area contributed by atoms with Crippen LogP contribution in [-0.2, 0) is 11.2 Å². The summed E-state index contributed by atoms with van der Waals surface area (Å²) in [5.74, 6) is -0.0620. The number of hydrogen-bond acceptors (Lipinski definition) is 4. The number of nitrogens with one attached hydrogen (secondary N) is 1. The quantitative estimate of drug-likeness (QED) is 0.537. The normalized spacial score (nSPS) is 11.4. The van der Waals surface area contributed by atoms with E-state index in [0.29, 0.717) is 19.4 Å². The van der Waals surface area contributed by atoms with Crippen LogP contribution in [0.2, 0.25) is 0 Å². The van der Waals surface area contributed by atoms with Gasteiger partial charge in [-0.15, -0.1) is 12.4 Å². The molecular formula is C15H24ClN3O3. The Kier molecular flexibility index (Phi) is 10.2. The molecule has 0 aliphatic heterocycles. The van der Waals surface area contributed by atoms with E-state index in [1.807, 2.05) is 0 Å². The lowest BCUT2D eigenvalue weighted by molar-refractivity contribution is -0.384. The average molecular weight is 330 g/mol. The third kappa shape index (κ3) is 7.38. The van der Waals surface area contributed by atoms with E-state index in [9.17, 15) is 14.9 Å². The van der Waals surface area contributed by atoms with Crippen molar-refractivity contribution in [2.45, 2.75) is 45.1 Å².